The van der Waals surface area contributed by atoms with E-state index in [1.165, 1.54) is 57.8 Å². The zero-order chi connectivity index (χ0) is 33.9. The van der Waals surface area contributed by atoms with E-state index in [2.05, 4.69) is 55.6 Å². The highest BCUT2D eigenvalue weighted by atomic mass is 16.3. The Labute approximate surface area is 282 Å². The first-order chi connectivity index (χ1) is 22.5. The highest BCUT2D eigenvalue weighted by molar-refractivity contribution is 5.76. The quantitative estimate of drug-likeness (QED) is 0.0295. The number of carbonyl (C=O) groups excluding carboxylic acids is 1. The minimum atomic E-state index is -1.20. The predicted octanol–water partition coefficient (Wildman–Crippen LogP) is 8.73. The molecule has 0 aromatic heterocycles. The Morgan fingerprint density at radius 3 is 1.76 bits per heavy atom. The summed E-state index contributed by atoms with van der Waals surface area (Å²) in [4.78, 5) is 12.3. The van der Waals surface area contributed by atoms with Gasteiger partial charge in [0.1, 0.15) is 6.10 Å². The summed E-state index contributed by atoms with van der Waals surface area (Å²) in [5.74, 6) is -0.292. The minimum Gasteiger partial charge on any atom is -0.394 e. The first kappa shape index (κ1) is 43.8. The third kappa shape index (κ3) is 29.2. The molecule has 0 saturated heterocycles. The van der Waals surface area contributed by atoms with Crippen LogP contribution in [0.15, 0.2) is 72.9 Å². The van der Waals surface area contributed by atoms with E-state index in [0.717, 1.165) is 44.9 Å². The molecule has 3 unspecified atom stereocenters. The molecule has 0 saturated carbocycles. The van der Waals surface area contributed by atoms with E-state index in [1.54, 1.807) is 6.08 Å². The number of allylic oxidation sites excluding steroid dienone is 10. The molecule has 0 fully saturated rings. The van der Waals surface area contributed by atoms with E-state index in [0.29, 0.717) is 19.3 Å². The highest BCUT2D eigenvalue weighted by Crippen LogP contribution is 2.15. The van der Waals surface area contributed by atoms with Crippen LogP contribution in [0.5, 0.6) is 0 Å². The molecule has 0 aliphatic heterocycles. The smallest absolute Gasteiger partial charge is 0.220 e. The molecule has 0 bridgehead atoms. The van der Waals surface area contributed by atoms with Crippen LogP contribution in [0.2, 0.25) is 0 Å². The van der Waals surface area contributed by atoms with Gasteiger partial charge in [-0.05, 0) is 44.9 Å². The van der Waals surface area contributed by atoms with Gasteiger partial charge in [0.2, 0.25) is 5.91 Å². The second kappa shape index (κ2) is 34.1. The molecule has 0 aromatic rings. The first-order valence-corrected chi connectivity index (χ1v) is 18.3. The third-order valence-electron chi connectivity index (χ3n) is 7.92. The molecule has 6 heteroatoms. The summed E-state index contributed by atoms with van der Waals surface area (Å²) < 4.78 is 0. The molecule has 0 radical (unpaired) electrons. The molecule has 0 aliphatic rings. The summed E-state index contributed by atoms with van der Waals surface area (Å²) in [6.45, 7) is 3.94. The van der Waals surface area contributed by atoms with Crippen molar-refractivity contribution in [2.75, 3.05) is 6.61 Å². The van der Waals surface area contributed by atoms with Crippen LogP contribution in [0.4, 0.5) is 0 Å². The van der Waals surface area contributed by atoms with Crippen LogP contribution in [0, 0.1) is 0 Å². The standard InChI is InChI=1S/C40H69NO5/c1-3-5-7-9-11-13-15-17-18-20-22-24-27-31-36(43)32-28-26-30-34-39(45)41-37(35-42)40(46)38(44)33-29-25-23-21-19-16-14-12-10-8-6-4-2/h5,7,11,13,17-18,22,24,26-28,31,36-38,40,42-44,46H,3-4,6,8-10,12,14-16,19-21,23,25,29-30,32-35H2,1-2H3,(H,41,45)/b7-5-,13-11-,18-17-,24-22-,28-26-,31-27-/t36?,37-,38?,40?/m0/s1. The summed E-state index contributed by atoms with van der Waals surface area (Å²) in [7, 11) is 0. The van der Waals surface area contributed by atoms with Gasteiger partial charge in [-0.3, -0.25) is 4.79 Å². The van der Waals surface area contributed by atoms with Crippen LogP contribution in [-0.4, -0.2) is 57.3 Å². The van der Waals surface area contributed by atoms with Crippen LogP contribution in [0.3, 0.4) is 0 Å². The monoisotopic (exact) mass is 644 g/mol. The Morgan fingerprint density at radius 1 is 0.652 bits per heavy atom. The van der Waals surface area contributed by atoms with Crippen molar-refractivity contribution in [2.24, 2.45) is 0 Å². The number of hydrogen-bond donors (Lipinski definition) is 5. The van der Waals surface area contributed by atoms with Crippen molar-refractivity contribution in [3.05, 3.63) is 72.9 Å². The molecule has 264 valence electrons. The van der Waals surface area contributed by atoms with Gasteiger partial charge in [-0.25, -0.2) is 0 Å². The second-order valence-electron chi connectivity index (χ2n) is 12.2. The number of amides is 1. The maximum atomic E-state index is 12.3. The van der Waals surface area contributed by atoms with Crippen LogP contribution in [0.25, 0.3) is 0 Å². The fourth-order valence-corrected chi connectivity index (χ4v) is 5.03. The van der Waals surface area contributed by atoms with E-state index in [1.807, 2.05) is 30.4 Å². The van der Waals surface area contributed by atoms with Gasteiger partial charge in [-0.2, -0.15) is 0 Å². The lowest BCUT2D eigenvalue weighted by atomic mass is 9.99. The molecule has 0 aliphatic carbocycles. The average Bonchev–Trinajstić information content (AvgIpc) is 3.05. The zero-order valence-electron chi connectivity index (χ0n) is 29.3. The van der Waals surface area contributed by atoms with Gasteiger partial charge >= 0.3 is 0 Å². The maximum absolute atomic E-state index is 12.3. The summed E-state index contributed by atoms with van der Waals surface area (Å²) in [6, 6.07) is -0.894. The number of carbonyl (C=O) groups is 1. The second-order valence-corrected chi connectivity index (χ2v) is 12.2. The molecule has 0 spiro atoms. The van der Waals surface area contributed by atoms with Crippen LogP contribution < -0.4 is 5.32 Å². The zero-order valence-corrected chi connectivity index (χ0v) is 29.3. The Kier molecular flexibility index (Phi) is 32.4. The van der Waals surface area contributed by atoms with Crippen molar-refractivity contribution in [1.29, 1.82) is 0 Å². The summed E-state index contributed by atoms with van der Waals surface area (Å²) in [6.07, 6.45) is 41.6. The fraction of sp³-hybridized carbons (Fsp3) is 0.675. The van der Waals surface area contributed by atoms with Crippen molar-refractivity contribution in [3.8, 4) is 0 Å². The number of unbranched alkanes of at least 4 members (excludes halogenated alkanes) is 11. The summed E-state index contributed by atoms with van der Waals surface area (Å²) in [5.41, 5.74) is 0. The molecular formula is C40H69NO5. The summed E-state index contributed by atoms with van der Waals surface area (Å²) >= 11 is 0. The Bertz CT molecular complexity index is 860. The Hall–Kier alpha value is -2.25. The largest absolute Gasteiger partial charge is 0.394 e. The van der Waals surface area contributed by atoms with Gasteiger partial charge in [0, 0.05) is 6.42 Å². The fourth-order valence-electron chi connectivity index (χ4n) is 5.03. The van der Waals surface area contributed by atoms with Crippen LogP contribution in [-0.2, 0) is 4.79 Å². The van der Waals surface area contributed by atoms with E-state index >= 15 is 0 Å². The molecule has 6 nitrogen and oxygen atoms in total. The molecule has 4 atom stereocenters. The summed E-state index contributed by atoms with van der Waals surface area (Å²) in [5, 5.41) is 43.3. The van der Waals surface area contributed by atoms with E-state index in [-0.39, 0.29) is 12.3 Å². The SMILES string of the molecule is CC/C=C\C/C=C\C/C=C\C/C=C\C=C/C(O)C/C=C\CCC(=O)N[C@@H](CO)C(O)C(O)CCCCCCCCCCCCCC. The molecule has 0 aromatic carbocycles. The average molecular weight is 644 g/mol. The first-order valence-electron chi connectivity index (χ1n) is 18.3. The molecule has 0 heterocycles. The van der Waals surface area contributed by atoms with Crippen LogP contribution >= 0.6 is 0 Å². The van der Waals surface area contributed by atoms with Crippen molar-refractivity contribution in [2.45, 2.75) is 167 Å². The number of rotatable bonds is 31. The van der Waals surface area contributed by atoms with Gasteiger partial charge < -0.3 is 25.7 Å². The van der Waals surface area contributed by atoms with E-state index in [4.69, 9.17) is 0 Å². The van der Waals surface area contributed by atoms with Crippen molar-refractivity contribution >= 4 is 5.91 Å². The van der Waals surface area contributed by atoms with Gasteiger partial charge in [0.15, 0.2) is 0 Å². The third-order valence-corrected chi connectivity index (χ3v) is 7.92. The minimum absolute atomic E-state index is 0.197. The van der Waals surface area contributed by atoms with Gasteiger partial charge in [0.05, 0.1) is 24.9 Å². The number of nitrogens with one attached hydrogen (secondary N) is 1. The normalized spacial score (nSPS) is 15.3. The highest BCUT2D eigenvalue weighted by Gasteiger charge is 2.26. The van der Waals surface area contributed by atoms with Crippen LogP contribution in [0.1, 0.15) is 142 Å². The predicted molar refractivity (Wildman–Crippen MR) is 196 cm³/mol. The maximum Gasteiger partial charge on any atom is 0.220 e. The Morgan fingerprint density at radius 2 is 1.20 bits per heavy atom. The Balaban J connectivity index is 4.00. The number of aliphatic hydroxyl groups excluding tert-OH is 4. The lowest BCUT2D eigenvalue weighted by molar-refractivity contribution is -0.124. The molecule has 5 N–H and O–H groups in total. The molecular weight excluding hydrogens is 574 g/mol. The number of hydrogen-bond acceptors (Lipinski definition) is 5. The van der Waals surface area contributed by atoms with Crippen molar-refractivity contribution in [1.82, 2.24) is 5.32 Å². The molecule has 46 heavy (non-hydrogen) atoms. The van der Waals surface area contributed by atoms with Crippen molar-refractivity contribution in [3.63, 3.8) is 0 Å². The lowest BCUT2D eigenvalue weighted by Gasteiger charge is -2.26. The topological polar surface area (TPSA) is 110 Å². The molecule has 0 rings (SSSR count). The van der Waals surface area contributed by atoms with Gasteiger partial charge in [0.25, 0.3) is 0 Å². The number of aliphatic hydroxyl groups is 4. The van der Waals surface area contributed by atoms with Crippen molar-refractivity contribution < 1.29 is 25.2 Å². The van der Waals surface area contributed by atoms with E-state index in [9.17, 15) is 25.2 Å². The van der Waals surface area contributed by atoms with E-state index < -0.39 is 31.0 Å². The molecule has 1 amide bonds. The van der Waals surface area contributed by atoms with Gasteiger partial charge in [-0.1, -0.05) is 164 Å². The lowest BCUT2D eigenvalue weighted by Crippen LogP contribution is -2.50. The van der Waals surface area contributed by atoms with Gasteiger partial charge in [-0.15, -0.1) is 0 Å².